The highest BCUT2D eigenvalue weighted by Crippen LogP contribution is 2.45. The number of esters is 1. The van der Waals surface area contributed by atoms with Crippen molar-refractivity contribution in [2.75, 3.05) is 20.8 Å². The number of rotatable bonds is 7. The van der Waals surface area contributed by atoms with Crippen LogP contribution in [0.3, 0.4) is 0 Å². The highest BCUT2D eigenvalue weighted by molar-refractivity contribution is 6.35. The lowest BCUT2D eigenvalue weighted by atomic mass is 9.90. The van der Waals surface area contributed by atoms with Gasteiger partial charge in [-0.2, -0.15) is 0 Å². The van der Waals surface area contributed by atoms with Gasteiger partial charge < -0.3 is 24.8 Å². The minimum Gasteiger partial charge on any atom is -0.508 e. The van der Waals surface area contributed by atoms with Crippen LogP contribution in [0.1, 0.15) is 21.5 Å². The van der Waals surface area contributed by atoms with E-state index in [1.807, 2.05) is 0 Å². The number of aromatic hydroxyl groups is 2. The number of Topliss-reactive ketones (excluding diaryl/α,β-unsaturated/α-hetero) is 1. The fraction of sp³-hybridized carbons (Fsp3) is 0.148. The number of methoxy groups -OCH3 is 2. The zero-order valence-electron chi connectivity index (χ0n) is 19.5. The second kappa shape index (κ2) is 9.55. The Morgan fingerprint density at radius 2 is 1.36 bits per heavy atom. The van der Waals surface area contributed by atoms with Crippen molar-refractivity contribution in [1.29, 1.82) is 0 Å². The summed E-state index contributed by atoms with van der Waals surface area (Å²) in [6.45, 7) is -0.639. The molecule has 0 bridgehead atoms. The molecule has 0 fully saturated rings. The molecular weight excluding hydrogens is 466 g/mol. The molecule has 0 aliphatic carbocycles. The number of phenolic OH excluding ortho intramolecular Hbond substituents is 2. The van der Waals surface area contributed by atoms with E-state index in [0.29, 0.717) is 11.3 Å². The van der Waals surface area contributed by atoms with E-state index in [2.05, 4.69) is 0 Å². The minimum absolute atomic E-state index is 0.0502. The molecule has 184 valence electrons. The van der Waals surface area contributed by atoms with Gasteiger partial charge in [0, 0.05) is 11.1 Å². The Morgan fingerprint density at radius 1 is 0.833 bits per heavy atom. The molecule has 0 aromatic heterocycles. The number of phenols is 2. The van der Waals surface area contributed by atoms with Crippen LogP contribution in [0.2, 0.25) is 0 Å². The Bertz CT molecular complexity index is 1340. The molecule has 1 aliphatic heterocycles. The number of hydrogen-bond acceptors (Lipinski definition) is 8. The van der Waals surface area contributed by atoms with Gasteiger partial charge in [-0.1, -0.05) is 24.3 Å². The van der Waals surface area contributed by atoms with Gasteiger partial charge in [0.25, 0.3) is 11.6 Å². The number of ether oxygens (including phenoxy) is 2. The van der Waals surface area contributed by atoms with Crippen LogP contribution in [0.4, 0.5) is 0 Å². The van der Waals surface area contributed by atoms with Crippen LogP contribution in [0, 0.1) is 0 Å². The van der Waals surface area contributed by atoms with Gasteiger partial charge in [0.15, 0.2) is 5.78 Å². The Balaban J connectivity index is 1.88. The molecular formula is C27H23NO8. The molecule has 9 nitrogen and oxygen atoms in total. The second-order valence-corrected chi connectivity index (χ2v) is 8.05. The lowest BCUT2D eigenvalue weighted by Crippen LogP contribution is -2.56. The predicted molar refractivity (Wildman–Crippen MR) is 129 cm³/mol. The summed E-state index contributed by atoms with van der Waals surface area (Å²) in [6.07, 6.45) is 0. The predicted octanol–water partition coefficient (Wildman–Crippen LogP) is 2.60. The zero-order valence-corrected chi connectivity index (χ0v) is 19.5. The first kappa shape index (κ1) is 24.5. The van der Waals surface area contributed by atoms with Crippen molar-refractivity contribution in [3.63, 3.8) is 0 Å². The fourth-order valence-corrected chi connectivity index (χ4v) is 4.12. The molecule has 3 aromatic carbocycles. The summed E-state index contributed by atoms with van der Waals surface area (Å²) in [5, 5.41) is 31.3. The van der Waals surface area contributed by atoms with Crippen molar-refractivity contribution in [3.8, 4) is 17.2 Å². The van der Waals surface area contributed by atoms with Gasteiger partial charge in [0.05, 0.1) is 26.3 Å². The summed E-state index contributed by atoms with van der Waals surface area (Å²) in [4.78, 5) is 40.7. The number of nitrogens with zero attached hydrogens (tertiary/aromatic N) is 1. The minimum atomic E-state index is -2.65. The van der Waals surface area contributed by atoms with Gasteiger partial charge in [-0.15, -0.1) is 0 Å². The van der Waals surface area contributed by atoms with Gasteiger partial charge in [-0.05, 0) is 59.7 Å². The third kappa shape index (κ3) is 4.16. The molecule has 9 heteroatoms. The number of carbonyl (C=O) groups excluding carboxylic acids is 3. The third-order valence-electron chi connectivity index (χ3n) is 5.94. The molecule has 0 unspecified atom stereocenters. The summed E-state index contributed by atoms with van der Waals surface area (Å²) < 4.78 is 9.98. The smallest absolute Gasteiger partial charge is 0.364 e. The van der Waals surface area contributed by atoms with Crippen LogP contribution in [0.15, 0.2) is 72.8 Å². The van der Waals surface area contributed by atoms with Crippen molar-refractivity contribution in [2.24, 2.45) is 0 Å². The molecule has 36 heavy (non-hydrogen) atoms. The second-order valence-electron chi connectivity index (χ2n) is 8.05. The van der Waals surface area contributed by atoms with E-state index in [0.717, 1.165) is 12.0 Å². The van der Waals surface area contributed by atoms with Gasteiger partial charge in [0.1, 0.15) is 17.2 Å². The van der Waals surface area contributed by atoms with Crippen LogP contribution in [-0.2, 0) is 14.3 Å². The van der Waals surface area contributed by atoms with Gasteiger partial charge in [-0.25, -0.2) is 4.79 Å². The lowest BCUT2D eigenvalue weighted by Gasteiger charge is -2.33. The zero-order chi connectivity index (χ0) is 26.0. The molecule has 0 radical (unpaired) electrons. The first-order valence-electron chi connectivity index (χ1n) is 10.8. The van der Waals surface area contributed by atoms with E-state index in [1.54, 1.807) is 12.1 Å². The maximum absolute atomic E-state index is 13.8. The van der Waals surface area contributed by atoms with Crippen molar-refractivity contribution in [3.05, 3.63) is 89.5 Å². The number of carbonyl (C=O) groups is 3. The van der Waals surface area contributed by atoms with E-state index in [-0.39, 0.29) is 33.8 Å². The molecule has 0 saturated heterocycles. The van der Waals surface area contributed by atoms with Crippen molar-refractivity contribution in [2.45, 2.75) is 5.72 Å². The Labute approximate surface area is 206 Å². The molecule has 1 atom stereocenters. The molecule has 0 spiro atoms. The number of hydrogen-bond donors (Lipinski definition) is 3. The van der Waals surface area contributed by atoms with E-state index in [9.17, 15) is 29.7 Å². The molecule has 4 rings (SSSR count). The molecule has 1 heterocycles. The first-order chi connectivity index (χ1) is 17.2. The maximum atomic E-state index is 13.8. The first-order valence-corrected chi connectivity index (χ1v) is 10.8. The number of amides is 1. The molecule has 1 amide bonds. The largest absolute Gasteiger partial charge is 0.508 e. The Morgan fingerprint density at radius 3 is 1.86 bits per heavy atom. The van der Waals surface area contributed by atoms with E-state index in [1.165, 1.54) is 67.8 Å². The average Bonchev–Trinajstić information content (AvgIpc) is 3.11. The standard InChI is InChI=1S/C27H23NO8/c1-35-21-13-7-16(8-14-21)22(31)15-28-25(32)23(17-3-9-19(29)10-4-17)24(27(28,34)26(33)36-2)18-5-11-20(30)12-6-18/h3-14,29-30,34H,15H2,1-2H3/t27-/m0/s1. The van der Waals surface area contributed by atoms with Crippen molar-refractivity contribution >= 4 is 28.8 Å². The Kier molecular flexibility index (Phi) is 6.50. The van der Waals surface area contributed by atoms with E-state index in [4.69, 9.17) is 9.47 Å². The normalized spacial score (nSPS) is 17.3. The van der Waals surface area contributed by atoms with Crippen LogP contribution < -0.4 is 4.74 Å². The van der Waals surface area contributed by atoms with Gasteiger partial charge >= 0.3 is 5.97 Å². The maximum Gasteiger partial charge on any atom is 0.364 e. The van der Waals surface area contributed by atoms with Crippen molar-refractivity contribution in [1.82, 2.24) is 4.90 Å². The third-order valence-corrected chi connectivity index (χ3v) is 5.94. The van der Waals surface area contributed by atoms with Crippen LogP contribution in [0.5, 0.6) is 17.2 Å². The number of benzene rings is 3. The Hall–Kier alpha value is -4.63. The van der Waals surface area contributed by atoms with Crippen LogP contribution in [0.25, 0.3) is 11.1 Å². The summed E-state index contributed by atoms with van der Waals surface area (Å²) in [5.74, 6) is -2.09. The van der Waals surface area contributed by atoms with Gasteiger partial charge in [-0.3, -0.25) is 14.5 Å². The monoisotopic (exact) mass is 489 g/mol. The summed E-state index contributed by atoms with van der Waals surface area (Å²) >= 11 is 0. The SMILES string of the molecule is COC(=O)[C@@]1(O)C(c2ccc(O)cc2)=C(c2ccc(O)cc2)C(=O)N1CC(=O)c1ccc(OC)cc1. The quantitative estimate of drug-likeness (QED) is 0.341. The fourth-order valence-electron chi connectivity index (χ4n) is 4.12. The molecule has 1 aliphatic rings. The summed E-state index contributed by atoms with van der Waals surface area (Å²) in [5.41, 5.74) is -2.05. The lowest BCUT2D eigenvalue weighted by molar-refractivity contribution is -0.174. The molecule has 3 aromatic rings. The molecule has 3 N–H and O–H groups in total. The highest BCUT2D eigenvalue weighted by Gasteiger charge is 2.58. The van der Waals surface area contributed by atoms with Crippen molar-refractivity contribution < 1.29 is 39.2 Å². The van der Waals surface area contributed by atoms with Crippen LogP contribution in [-0.4, -0.2) is 64.4 Å². The number of aliphatic hydroxyl groups is 1. The summed E-state index contributed by atoms with van der Waals surface area (Å²) in [7, 11) is 2.54. The van der Waals surface area contributed by atoms with E-state index < -0.39 is 29.9 Å². The highest BCUT2D eigenvalue weighted by atomic mass is 16.5. The topological polar surface area (TPSA) is 134 Å². The van der Waals surface area contributed by atoms with Gasteiger partial charge in [0.2, 0.25) is 0 Å². The van der Waals surface area contributed by atoms with E-state index >= 15 is 0 Å². The average molecular weight is 489 g/mol. The number of ketones is 1. The van der Waals surface area contributed by atoms with Crippen LogP contribution >= 0.6 is 0 Å². The molecule has 0 saturated carbocycles. The summed E-state index contributed by atoms with van der Waals surface area (Å²) in [6, 6.07) is 17.3.